The van der Waals surface area contributed by atoms with Crippen molar-refractivity contribution in [2.45, 2.75) is 12.7 Å². The van der Waals surface area contributed by atoms with Crippen molar-refractivity contribution in [2.24, 2.45) is 5.73 Å². The molecule has 0 aliphatic heterocycles. The average molecular weight is 344 g/mol. The predicted octanol–water partition coefficient (Wildman–Crippen LogP) is 3.06. The molecule has 126 valence electrons. The molecule has 0 saturated carbocycles. The number of amides is 2. The Morgan fingerprint density at radius 3 is 2.50 bits per heavy atom. The fourth-order valence-corrected chi connectivity index (χ4v) is 2.91. The normalized spacial score (nSPS) is 10.2. The molecule has 0 spiro atoms. The highest BCUT2D eigenvalue weighted by Crippen LogP contribution is 2.23. The van der Waals surface area contributed by atoms with Gasteiger partial charge in [-0.3, -0.25) is 9.59 Å². The van der Waals surface area contributed by atoms with Gasteiger partial charge < -0.3 is 15.8 Å². The predicted molar refractivity (Wildman–Crippen MR) is 97.4 cm³/mol. The van der Waals surface area contributed by atoms with E-state index < -0.39 is 5.91 Å². The minimum atomic E-state index is -0.489. The van der Waals surface area contributed by atoms with Crippen molar-refractivity contribution in [1.82, 2.24) is 0 Å². The van der Waals surface area contributed by atoms with Crippen LogP contribution in [0.4, 0.5) is 5.69 Å². The van der Waals surface area contributed by atoms with E-state index in [1.165, 1.54) is 11.8 Å². The summed E-state index contributed by atoms with van der Waals surface area (Å²) >= 11 is 1.52. The molecule has 0 saturated heterocycles. The smallest absolute Gasteiger partial charge is 0.248 e. The second kappa shape index (κ2) is 8.98. The molecule has 6 heteroatoms. The van der Waals surface area contributed by atoms with Crippen LogP contribution in [-0.2, 0) is 10.5 Å². The van der Waals surface area contributed by atoms with Crippen LogP contribution in [0.25, 0.3) is 0 Å². The van der Waals surface area contributed by atoms with Crippen molar-refractivity contribution in [3.05, 3.63) is 59.7 Å². The summed E-state index contributed by atoms with van der Waals surface area (Å²) in [6.07, 6.45) is 0. The van der Waals surface area contributed by atoms with Gasteiger partial charge in [0.15, 0.2) is 0 Å². The van der Waals surface area contributed by atoms with Crippen LogP contribution in [0.3, 0.4) is 0 Å². The summed E-state index contributed by atoms with van der Waals surface area (Å²) in [5.41, 5.74) is 7.30. The highest BCUT2D eigenvalue weighted by Gasteiger charge is 2.07. The first-order chi connectivity index (χ1) is 11.6. The average Bonchev–Trinajstić information content (AvgIpc) is 2.57. The van der Waals surface area contributed by atoms with E-state index in [4.69, 9.17) is 10.5 Å². The van der Waals surface area contributed by atoms with Gasteiger partial charge in [0.1, 0.15) is 5.75 Å². The molecule has 24 heavy (non-hydrogen) atoms. The number of primary amides is 1. The second-order valence-corrected chi connectivity index (χ2v) is 6.01. The summed E-state index contributed by atoms with van der Waals surface area (Å²) in [4.78, 5) is 23.0. The molecule has 3 N–H and O–H groups in total. The van der Waals surface area contributed by atoms with Crippen LogP contribution in [0, 0.1) is 0 Å². The van der Waals surface area contributed by atoms with E-state index >= 15 is 0 Å². The van der Waals surface area contributed by atoms with Crippen LogP contribution in [-0.4, -0.2) is 24.2 Å². The number of ether oxygens (including phenoxy) is 1. The van der Waals surface area contributed by atoms with Crippen LogP contribution in [0.5, 0.6) is 5.75 Å². The van der Waals surface area contributed by atoms with E-state index in [1.807, 2.05) is 31.2 Å². The van der Waals surface area contributed by atoms with Gasteiger partial charge in [0, 0.05) is 22.6 Å². The number of nitrogens with two attached hydrogens (primary N) is 1. The van der Waals surface area contributed by atoms with Crippen LogP contribution in [0.15, 0.2) is 48.5 Å². The first-order valence-corrected chi connectivity index (χ1v) is 8.73. The maximum absolute atomic E-state index is 12.0. The van der Waals surface area contributed by atoms with Crippen molar-refractivity contribution >= 4 is 29.3 Å². The molecule has 0 heterocycles. The lowest BCUT2D eigenvalue weighted by atomic mass is 10.2. The molecule has 0 atom stereocenters. The summed E-state index contributed by atoms with van der Waals surface area (Å²) in [6, 6.07) is 14.3. The number of para-hydroxylation sites is 1. The Hall–Kier alpha value is -2.47. The Kier molecular flexibility index (Phi) is 6.69. The molecule has 5 nitrogen and oxygen atoms in total. The van der Waals surface area contributed by atoms with Gasteiger partial charge >= 0.3 is 0 Å². The van der Waals surface area contributed by atoms with Gasteiger partial charge in [0.25, 0.3) is 0 Å². The van der Waals surface area contributed by atoms with Gasteiger partial charge in [0.05, 0.1) is 12.4 Å². The molecule has 0 unspecified atom stereocenters. The molecule has 0 aliphatic carbocycles. The maximum atomic E-state index is 12.0. The number of rotatable bonds is 8. The molecule has 2 aromatic carbocycles. The van der Waals surface area contributed by atoms with Crippen LogP contribution >= 0.6 is 11.8 Å². The standard InChI is InChI=1S/C18H20N2O3S/c1-2-23-16-6-4-3-5-14(16)11-24-12-17(21)20-15-9-7-13(8-10-15)18(19)22/h3-10H,2,11-12H2,1H3,(H2,19,22)(H,20,21). The molecule has 0 bridgehead atoms. The minimum Gasteiger partial charge on any atom is -0.494 e. The van der Waals surface area contributed by atoms with Crippen molar-refractivity contribution in [2.75, 3.05) is 17.7 Å². The Morgan fingerprint density at radius 2 is 1.83 bits per heavy atom. The zero-order chi connectivity index (χ0) is 17.4. The molecule has 0 aliphatic rings. The molecule has 0 radical (unpaired) electrons. The molecule has 2 amide bonds. The first kappa shape index (κ1) is 17.9. The molecule has 0 fully saturated rings. The minimum absolute atomic E-state index is 0.0966. The SMILES string of the molecule is CCOc1ccccc1CSCC(=O)Nc1ccc(C(N)=O)cc1. The van der Waals surface area contributed by atoms with E-state index in [1.54, 1.807) is 24.3 Å². The summed E-state index contributed by atoms with van der Waals surface area (Å²) in [5, 5.41) is 2.79. The van der Waals surface area contributed by atoms with Crippen LogP contribution < -0.4 is 15.8 Å². The van der Waals surface area contributed by atoms with E-state index in [-0.39, 0.29) is 5.91 Å². The third-order valence-corrected chi connectivity index (χ3v) is 4.20. The number of carbonyl (C=O) groups excluding carboxylic acids is 2. The van der Waals surface area contributed by atoms with Gasteiger partial charge in [-0.1, -0.05) is 18.2 Å². The number of nitrogens with one attached hydrogen (secondary N) is 1. The van der Waals surface area contributed by atoms with Gasteiger partial charge in [0.2, 0.25) is 11.8 Å². The van der Waals surface area contributed by atoms with Gasteiger partial charge in [-0.05, 0) is 37.3 Å². The largest absolute Gasteiger partial charge is 0.494 e. The number of carbonyl (C=O) groups is 2. The zero-order valence-corrected chi connectivity index (χ0v) is 14.3. The summed E-state index contributed by atoms with van der Waals surface area (Å²) in [5.74, 6) is 1.30. The number of thioether (sulfide) groups is 1. The highest BCUT2D eigenvalue weighted by molar-refractivity contribution is 7.99. The van der Waals surface area contributed by atoms with Crippen molar-refractivity contribution < 1.29 is 14.3 Å². The highest BCUT2D eigenvalue weighted by atomic mass is 32.2. The maximum Gasteiger partial charge on any atom is 0.248 e. The number of hydrogen-bond donors (Lipinski definition) is 2. The van der Waals surface area contributed by atoms with Gasteiger partial charge in [-0.25, -0.2) is 0 Å². The van der Waals surface area contributed by atoms with Gasteiger partial charge in [-0.15, -0.1) is 11.8 Å². The van der Waals surface area contributed by atoms with Crippen molar-refractivity contribution in [3.63, 3.8) is 0 Å². The molecular formula is C18H20N2O3S. The number of anilines is 1. The molecule has 2 rings (SSSR count). The summed E-state index contributed by atoms with van der Waals surface area (Å²) in [6.45, 7) is 2.56. The van der Waals surface area contributed by atoms with E-state index in [0.29, 0.717) is 29.4 Å². The van der Waals surface area contributed by atoms with Crippen molar-refractivity contribution in [1.29, 1.82) is 0 Å². The lowest BCUT2D eigenvalue weighted by molar-refractivity contribution is -0.113. The Labute approximate surface area is 145 Å². The Bertz CT molecular complexity index is 702. The summed E-state index contributed by atoms with van der Waals surface area (Å²) < 4.78 is 5.57. The third-order valence-electron chi connectivity index (χ3n) is 3.22. The third kappa shape index (κ3) is 5.31. The monoisotopic (exact) mass is 344 g/mol. The van der Waals surface area contributed by atoms with E-state index in [9.17, 15) is 9.59 Å². The van der Waals surface area contributed by atoms with E-state index in [0.717, 1.165) is 11.3 Å². The lowest BCUT2D eigenvalue weighted by Crippen LogP contribution is -2.15. The van der Waals surface area contributed by atoms with Crippen LogP contribution in [0.2, 0.25) is 0 Å². The van der Waals surface area contributed by atoms with Crippen molar-refractivity contribution in [3.8, 4) is 5.75 Å². The van der Waals surface area contributed by atoms with Gasteiger partial charge in [-0.2, -0.15) is 0 Å². The quantitative estimate of drug-likeness (QED) is 0.771. The number of hydrogen-bond acceptors (Lipinski definition) is 4. The molecular weight excluding hydrogens is 324 g/mol. The van der Waals surface area contributed by atoms with Crippen LogP contribution in [0.1, 0.15) is 22.8 Å². The van der Waals surface area contributed by atoms with E-state index in [2.05, 4.69) is 5.32 Å². The molecule has 2 aromatic rings. The number of benzene rings is 2. The first-order valence-electron chi connectivity index (χ1n) is 7.58. The fourth-order valence-electron chi connectivity index (χ4n) is 2.09. The Balaban J connectivity index is 1.82. The topological polar surface area (TPSA) is 81.4 Å². The zero-order valence-electron chi connectivity index (χ0n) is 13.5. The fraction of sp³-hybridized carbons (Fsp3) is 0.222. The summed E-state index contributed by atoms with van der Waals surface area (Å²) in [7, 11) is 0. The Morgan fingerprint density at radius 1 is 1.12 bits per heavy atom. The second-order valence-electron chi connectivity index (χ2n) is 5.02. The lowest BCUT2D eigenvalue weighted by Gasteiger charge is -2.10. The molecule has 0 aromatic heterocycles.